The summed E-state index contributed by atoms with van der Waals surface area (Å²) in [7, 11) is 0. The number of pyridine rings is 1. The Bertz CT molecular complexity index is 987. The number of carbonyl (C=O) groups is 2. The summed E-state index contributed by atoms with van der Waals surface area (Å²) in [5.74, 6) is -4.42. The summed E-state index contributed by atoms with van der Waals surface area (Å²) >= 11 is 0. The number of hydrogen-bond acceptors (Lipinski definition) is 4. The van der Waals surface area contributed by atoms with Crippen LogP contribution in [0.25, 0.3) is 0 Å². The fourth-order valence-corrected chi connectivity index (χ4v) is 3.52. The number of benzene rings is 1. The molecule has 172 valence electrons. The van der Waals surface area contributed by atoms with Gasteiger partial charge in [0.2, 0.25) is 5.91 Å². The average Bonchev–Trinajstić information content (AvgIpc) is 3.09. The lowest BCUT2D eigenvalue weighted by Gasteiger charge is -2.32. The van der Waals surface area contributed by atoms with Crippen LogP contribution >= 0.6 is 0 Å². The monoisotopic (exact) mass is 453 g/mol. The molecule has 6 nitrogen and oxygen atoms in total. The molecule has 2 atom stereocenters. The van der Waals surface area contributed by atoms with E-state index in [2.05, 4.69) is 10.3 Å². The van der Waals surface area contributed by atoms with Crippen molar-refractivity contribution in [2.45, 2.75) is 45.0 Å². The largest absolute Gasteiger partial charge is 0.444 e. The summed E-state index contributed by atoms with van der Waals surface area (Å²) in [5.41, 5.74) is -0.416. The summed E-state index contributed by atoms with van der Waals surface area (Å²) in [6.45, 7) is 4.69. The van der Waals surface area contributed by atoms with Gasteiger partial charge in [-0.25, -0.2) is 14.2 Å². The lowest BCUT2D eigenvalue weighted by molar-refractivity contribution is -0.187. The molecule has 0 spiro atoms. The molecule has 2 amide bonds. The number of alkyl halides is 3. The predicted octanol–water partition coefficient (Wildman–Crippen LogP) is 4.55. The average molecular weight is 453 g/mol. The summed E-state index contributed by atoms with van der Waals surface area (Å²) in [6, 6.07) is 5.60. The zero-order valence-electron chi connectivity index (χ0n) is 17.7. The van der Waals surface area contributed by atoms with Crippen molar-refractivity contribution < 1.29 is 31.9 Å². The Labute approximate surface area is 182 Å². The first-order valence-electron chi connectivity index (χ1n) is 9.94. The van der Waals surface area contributed by atoms with Gasteiger partial charge in [-0.05, 0) is 56.5 Å². The molecule has 1 N–H and O–H groups in total. The van der Waals surface area contributed by atoms with Crippen LogP contribution in [0.5, 0.6) is 0 Å². The highest BCUT2D eigenvalue weighted by atomic mass is 19.4. The smallest absolute Gasteiger partial charge is 0.408 e. The molecular weight excluding hydrogens is 430 g/mol. The lowest BCUT2D eigenvalue weighted by atomic mass is 9.91. The summed E-state index contributed by atoms with van der Waals surface area (Å²) in [4.78, 5) is 30.6. The maximum Gasteiger partial charge on any atom is 0.408 e. The number of amides is 2. The normalized spacial score (nSPS) is 15.7. The van der Waals surface area contributed by atoms with E-state index in [4.69, 9.17) is 4.74 Å². The maximum atomic E-state index is 14.3. The molecule has 3 rings (SSSR count). The van der Waals surface area contributed by atoms with Crippen LogP contribution in [0.1, 0.15) is 37.9 Å². The molecule has 2 aromatic rings. The van der Waals surface area contributed by atoms with Crippen molar-refractivity contribution in [2.24, 2.45) is 5.92 Å². The second-order valence-corrected chi connectivity index (χ2v) is 8.42. The predicted molar refractivity (Wildman–Crippen MR) is 108 cm³/mol. The molecule has 0 fully saturated rings. The fourth-order valence-electron chi connectivity index (χ4n) is 3.52. The molecule has 10 heteroatoms. The van der Waals surface area contributed by atoms with Crippen LogP contribution in [-0.4, -0.2) is 35.3 Å². The third-order valence-electron chi connectivity index (χ3n) is 4.85. The van der Waals surface area contributed by atoms with E-state index in [9.17, 15) is 27.2 Å². The van der Waals surface area contributed by atoms with E-state index in [0.29, 0.717) is 12.0 Å². The zero-order valence-corrected chi connectivity index (χ0v) is 17.7. The summed E-state index contributed by atoms with van der Waals surface area (Å²) < 4.78 is 61.3. The van der Waals surface area contributed by atoms with Crippen molar-refractivity contribution in [3.63, 3.8) is 0 Å². The third kappa shape index (κ3) is 5.35. The van der Waals surface area contributed by atoms with Crippen LogP contribution < -0.4 is 10.2 Å². The molecule has 32 heavy (non-hydrogen) atoms. The number of ether oxygens (including phenoxy) is 1. The molecule has 0 unspecified atom stereocenters. The van der Waals surface area contributed by atoms with E-state index >= 15 is 0 Å². The minimum Gasteiger partial charge on any atom is -0.444 e. The number of carbonyl (C=O) groups excluding carboxylic acids is 2. The van der Waals surface area contributed by atoms with Crippen molar-refractivity contribution in [3.05, 3.63) is 59.5 Å². The highest BCUT2D eigenvalue weighted by molar-refractivity contribution is 5.97. The van der Waals surface area contributed by atoms with Gasteiger partial charge in [-0.15, -0.1) is 0 Å². The van der Waals surface area contributed by atoms with Crippen LogP contribution in [0, 0.1) is 11.7 Å². The lowest BCUT2D eigenvalue weighted by Crippen LogP contribution is -2.50. The topological polar surface area (TPSA) is 71.5 Å². The van der Waals surface area contributed by atoms with Gasteiger partial charge in [0.25, 0.3) is 0 Å². The van der Waals surface area contributed by atoms with E-state index < -0.39 is 41.6 Å². The van der Waals surface area contributed by atoms with Gasteiger partial charge in [0, 0.05) is 12.7 Å². The first kappa shape index (κ1) is 23.5. The number of nitrogens with one attached hydrogen (secondary N) is 1. The molecule has 2 heterocycles. The number of fused-ring (bicyclic) bond motifs is 1. The molecule has 0 saturated heterocycles. The van der Waals surface area contributed by atoms with Crippen molar-refractivity contribution in [2.75, 3.05) is 11.4 Å². The quantitative estimate of drug-likeness (QED) is 0.690. The molecule has 1 aliphatic heterocycles. The number of nitrogens with zero attached hydrogens (tertiary/aromatic N) is 2. The highest BCUT2D eigenvalue weighted by Gasteiger charge is 2.53. The molecule has 1 aromatic heterocycles. The van der Waals surface area contributed by atoms with E-state index in [0.717, 1.165) is 29.2 Å². The Balaban J connectivity index is 2.02. The van der Waals surface area contributed by atoms with E-state index in [1.807, 2.05) is 0 Å². The Morgan fingerprint density at radius 2 is 1.78 bits per heavy atom. The van der Waals surface area contributed by atoms with Gasteiger partial charge in [-0.3, -0.25) is 9.69 Å². The maximum absolute atomic E-state index is 14.3. The number of halogens is 4. The second kappa shape index (κ2) is 8.76. The zero-order chi connectivity index (χ0) is 23.7. The fraction of sp³-hybridized carbons (Fsp3) is 0.409. The summed E-state index contributed by atoms with van der Waals surface area (Å²) in [5, 5.41) is 2.17. The number of anilines is 1. The molecule has 1 aromatic carbocycles. The first-order chi connectivity index (χ1) is 14.9. The van der Waals surface area contributed by atoms with Gasteiger partial charge >= 0.3 is 12.3 Å². The Morgan fingerprint density at radius 3 is 2.38 bits per heavy atom. The Morgan fingerprint density at radius 1 is 1.12 bits per heavy atom. The van der Waals surface area contributed by atoms with E-state index in [1.165, 1.54) is 6.20 Å². The van der Waals surface area contributed by atoms with Crippen LogP contribution in [-0.2, 0) is 16.0 Å². The number of alkyl carbamates (subject to hydrolysis) is 1. The van der Waals surface area contributed by atoms with Gasteiger partial charge in [0.15, 0.2) is 5.92 Å². The minimum atomic E-state index is -5.03. The third-order valence-corrected chi connectivity index (χ3v) is 4.85. The molecular formula is C22H23F4N3O3. The summed E-state index contributed by atoms with van der Waals surface area (Å²) in [6.07, 6.45) is -4.40. The van der Waals surface area contributed by atoms with Crippen molar-refractivity contribution in [1.82, 2.24) is 10.3 Å². The van der Waals surface area contributed by atoms with Crippen LogP contribution in [0.3, 0.4) is 0 Å². The molecule has 0 saturated carbocycles. The van der Waals surface area contributed by atoms with Gasteiger partial charge < -0.3 is 10.1 Å². The number of rotatable bonds is 4. The standard InChI is InChI=1S/C22H23F4N3O3/c1-21(2,3)32-20(31)28-17(13-6-8-15(23)9-7-13)16(22(24,25)26)19(30)29-12-10-14-5-4-11-27-18(14)29/h4-9,11,16-17H,10,12H2,1-3H3,(H,28,31)/t16-,17+/m0/s1. The molecule has 0 bridgehead atoms. The first-order valence-corrected chi connectivity index (χ1v) is 9.94. The van der Waals surface area contributed by atoms with Crippen LogP contribution in [0.4, 0.5) is 28.2 Å². The van der Waals surface area contributed by atoms with Gasteiger partial charge in [0.1, 0.15) is 17.2 Å². The van der Waals surface area contributed by atoms with Crippen LogP contribution in [0.2, 0.25) is 0 Å². The van der Waals surface area contributed by atoms with Gasteiger partial charge in [-0.1, -0.05) is 18.2 Å². The SMILES string of the molecule is CC(C)(C)OC(=O)N[C@H](c1ccc(F)cc1)[C@@H](C(=O)N1CCc2cccnc21)C(F)(F)F. The highest BCUT2D eigenvalue weighted by Crippen LogP contribution is 2.40. The Hall–Kier alpha value is -3.17. The second-order valence-electron chi connectivity index (χ2n) is 8.42. The van der Waals surface area contributed by atoms with E-state index in [-0.39, 0.29) is 17.9 Å². The molecule has 0 radical (unpaired) electrons. The molecule has 1 aliphatic rings. The number of aromatic nitrogens is 1. The molecule has 0 aliphatic carbocycles. The Kier molecular flexibility index (Phi) is 6.43. The van der Waals surface area contributed by atoms with Crippen molar-refractivity contribution in [1.29, 1.82) is 0 Å². The number of hydrogen-bond donors (Lipinski definition) is 1. The van der Waals surface area contributed by atoms with Gasteiger partial charge in [0.05, 0.1) is 6.04 Å². The van der Waals surface area contributed by atoms with Crippen LogP contribution in [0.15, 0.2) is 42.6 Å². The minimum absolute atomic E-state index is 0.0281. The van der Waals surface area contributed by atoms with E-state index in [1.54, 1.807) is 32.9 Å². The van der Waals surface area contributed by atoms with Crippen molar-refractivity contribution in [3.8, 4) is 0 Å². The van der Waals surface area contributed by atoms with Gasteiger partial charge in [-0.2, -0.15) is 13.2 Å². The van der Waals surface area contributed by atoms with Crippen molar-refractivity contribution >= 4 is 17.8 Å².